The number of amides is 2. The lowest BCUT2D eigenvalue weighted by Gasteiger charge is -2.13. The lowest BCUT2D eigenvalue weighted by atomic mass is 10.1. The van der Waals surface area contributed by atoms with Crippen molar-refractivity contribution >= 4 is 35.0 Å². The molecule has 1 aromatic rings. The number of carbonyl (C=O) groups excluding carboxylic acids is 3. The molecule has 1 aliphatic rings. The highest BCUT2D eigenvalue weighted by molar-refractivity contribution is 8.18. The van der Waals surface area contributed by atoms with Gasteiger partial charge in [0.25, 0.3) is 11.1 Å². The SMILES string of the molecule is COc1cc(/C=C2\SC(=O)N(CC(=O)OC(C)C)C2=O)ccc1C. The lowest BCUT2D eigenvalue weighted by molar-refractivity contribution is -0.149. The molecule has 7 heteroatoms. The highest BCUT2D eigenvalue weighted by atomic mass is 32.2. The molecule has 0 bridgehead atoms. The molecule has 24 heavy (non-hydrogen) atoms. The molecule has 1 saturated heterocycles. The molecule has 1 aliphatic heterocycles. The highest BCUT2D eigenvalue weighted by Crippen LogP contribution is 2.33. The molecule has 0 atom stereocenters. The van der Waals surface area contributed by atoms with E-state index in [1.54, 1.807) is 33.1 Å². The molecule has 2 rings (SSSR count). The van der Waals surface area contributed by atoms with Gasteiger partial charge in [0.05, 0.1) is 18.1 Å². The Morgan fingerprint density at radius 2 is 2.04 bits per heavy atom. The Balaban J connectivity index is 2.17. The zero-order chi connectivity index (χ0) is 17.9. The Morgan fingerprint density at radius 3 is 2.67 bits per heavy atom. The largest absolute Gasteiger partial charge is 0.496 e. The summed E-state index contributed by atoms with van der Waals surface area (Å²) in [7, 11) is 1.57. The van der Waals surface area contributed by atoms with Gasteiger partial charge in [-0.15, -0.1) is 0 Å². The fourth-order valence-electron chi connectivity index (χ4n) is 2.14. The monoisotopic (exact) mass is 349 g/mol. The maximum atomic E-state index is 12.3. The van der Waals surface area contributed by atoms with Crippen molar-refractivity contribution in [2.24, 2.45) is 0 Å². The molecule has 0 aromatic heterocycles. The Kier molecular flexibility index (Phi) is 5.66. The maximum absolute atomic E-state index is 12.3. The first kappa shape index (κ1) is 18.1. The van der Waals surface area contributed by atoms with Crippen LogP contribution in [-0.4, -0.2) is 41.8 Å². The first-order valence-corrected chi connectivity index (χ1v) is 8.23. The van der Waals surface area contributed by atoms with E-state index in [4.69, 9.17) is 9.47 Å². The summed E-state index contributed by atoms with van der Waals surface area (Å²) < 4.78 is 10.2. The second-order valence-corrected chi connectivity index (χ2v) is 6.53. The van der Waals surface area contributed by atoms with Crippen molar-refractivity contribution in [2.45, 2.75) is 26.9 Å². The summed E-state index contributed by atoms with van der Waals surface area (Å²) in [5, 5.41) is -0.481. The Bertz CT molecular complexity index is 711. The minimum absolute atomic E-state index is 0.267. The molecule has 0 aliphatic carbocycles. The van der Waals surface area contributed by atoms with Crippen LogP contribution in [0.2, 0.25) is 0 Å². The van der Waals surface area contributed by atoms with Gasteiger partial charge in [-0.2, -0.15) is 0 Å². The molecular weight excluding hydrogens is 330 g/mol. The van der Waals surface area contributed by atoms with E-state index < -0.39 is 17.1 Å². The van der Waals surface area contributed by atoms with Gasteiger partial charge in [0.15, 0.2) is 0 Å². The van der Waals surface area contributed by atoms with Crippen LogP contribution in [0.3, 0.4) is 0 Å². The van der Waals surface area contributed by atoms with Crippen LogP contribution in [-0.2, 0) is 14.3 Å². The highest BCUT2D eigenvalue weighted by Gasteiger charge is 2.36. The lowest BCUT2D eigenvalue weighted by Crippen LogP contribution is -2.35. The Hall–Kier alpha value is -2.28. The van der Waals surface area contributed by atoms with Crippen LogP contribution in [0.5, 0.6) is 5.75 Å². The van der Waals surface area contributed by atoms with Gasteiger partial charge >= 0.3 is 5.97 Å². The van der Waals surface area contributed by atoms with E-state index in [0.29, 0.717) is 5.75 Å². The van der Waals surface area contributed by atoms with E-state index in [2.05, 4.69) is 0 Å². The molecule has 2 amide bonds. The fraction of sp³-hybridized carbons (Fsp3) is 0.353. The van der Waals surface area contributed by atoms with Gasteiger partial charge in [0.1, 0.15) is 12.3 Å². The smallest absolute Gasteiger partial charge is 0.326 e. The van der Waals surface area contributed by atoms with Gasteiger partial charge in [0.2, 0.25) is 0 Å². The molecule has 0 N–H and O–H groups in total. The molecular formula is C17H19NO5S. The van der Waals surface area contributed by atoms with Crippen LogP contribution in [0.25, 0.3) is 6.08 Å². The number of benzene rings is 1. The zero-order valence-corrected chi connectivity index (χ0v) is 14.8. The van der Waals surface area contributed by atoms with Gasteiger partial charge in [-0.05, 0) is 55.8 Å². The number of aryl methyl sites for hydroxylation is 1. The Morgan fingerprint density at radius 1 is 1.33 bits per heavy atom. The van der Waals surface area contributed by atoms with Crippen LogP contribution in [0.4, 0.5) is 4.79 Å². The number of rotatable bonds is 5. The van der Waals surface area contributed by atoms with Crippen molar-refractivity contribution < 1.29 is 23.9 Å². The predicted molar refractivity (Wildman–Crippen MR) is 91.6 cm³/mol. The maximum Gasteiger partial charge on any atom is 0.326 e. The van der Waals surface area contributed by atoms with E-state index >= 15 is 0 Å². The summed E-state index contributed by atoms with van der Waals surface area (Å²) in [6.07, 6.45) is 1.31. The van der Waals surface area contributed by atoms with Gasteiger partial charge in [-0.3, -0.25) is 19.3 Å². The summed E-state index contributed by atoms with van der Waals surface area (Å²) in [6, 6.07) is 5.49. The van der Waals surface area contributed by atoms with Gasteiger partial charge in [-0.1, -0.05) is 12.1 Å². The second kappa shape index (κ2) is 7.53. The van der Waals surface area contributed by atoms with Crippen molar-refractivity contribution in [1.29, 1.82) is 0 Å². The first-order chi connectivity index (χ1) is 11.3. The van der Waals surface area contributed by atoms with Gasteiger partial charge < -0.3 is 9.47 Å². The van der Waals surface area contributed by atoms with Crippen molar-refractivity contribution in [2.75, 3.05) is 13.7 Å². The summed E-state index contributed by atoms with van der Waals surface area (Å²) >= 11 is 0.805. The molecule has 1 fully saturated rings. The van der Waals surface area contributed by atoms with Crippen LogP contribution >= 0.6 is 11.8 Å². The molecule has 6 nitrogen and oxygen atoms in total. The third-order valence-electron chi connectivity index (χ3n) is 3.26. The third-order valence-corrected chi connectivity index (χ3v) is 4.17. The van der Waals surface area contributed by atoms with Gasteiger partial charge in [-0.25, -0.2) is 0 Å². The number of methoxy groups -OCH3 is 1. The number of nitrogens with zero attached hydrogens (tertiary/aromatic N) is 1. The van der Waals surface area contributed by atoms with Gasteiger partial charge in [0, 0.05) is 0 Å². The van der Waals surface area contributed by atoms with Crippen molar-refractivity contribution in [3.8, 4) is 5.75 Å². The number of imide groups is 1. The number of carbonyl (C=O) groups is 3. The Labute approximate surface area is 144 Å². The number of hydrogen-bond acceptors (Lipinski definition) is 6. The van der Waals surface area contributed by atoms with Crippen molar-refractivity contribution in [3.05, 3.63) is 34.2 Å². The first-order valence-electron chi connectivity index (χ1n) is 7.41. The van der Waals surface area contributed by atoms with E-state index in [9.17, 15) is 14.4 Å². The van der Waals surface area contributed by atoms with Crippen molar-refractivity contribution in [3.63, 3.8) is 0 Å². The molecule has 128 valence electrons. The molecule has 0 saturated carbocycles. The van der Waals surface area contributed by atoms with Crippen LogP contribution in [0, 0.1) is 6.92 Å². The number of esters is 1. The quantitative estimate of drug-likeness (QED) is 0.601. The van der Waals surface area contributed by atoms with E-state index in [0.717, 1.165) is 27.8 Å². The zero-order valence-electron chi connectivity index (χ0n) is 14.0. The average Bonchev–Trinajstić information content (AvgIpc) is 2.76. The van der Waals surface area contributed by atoms with E-state index in [1.165, 1.54) is 0 Å². The van der Waals surface area contributed by atoms with Crippen LogP contribution < -0.4 is 4.74 Å². The number of thioether (sulfide) groups is 1. The summed E-state index contributed by atoms with van der Waals surface area (Å²) in [6.45, 7) is 4.95. The second-order valence-electron chi connectivity index (χ2n) is 5.54. The normalized spacial score (nSPS) is 16.2. The van der Waals surface area contributed by atoms with Crippen LogP contribution in [0.15, 0.2) is 23.1 Å². The number of ether oxygens (including phenoxy) is 2. The fourth-order valence-corrected chi connectivity index (χ4v) is 2.98. The topological polar surface area (TPSA) is 72.9 Å². The minimum Gasteiger partial charge on any atom is -0.496 e. The molecule has 0 spiro atoms. The third kappa shape index (κ3) is 4.17. The predicted octanol–water partition coefficient (Wildman–Crippen LogP) is 2.99. The summed E-state index contributed by atoms with van der Waals surface area (Å²) in [4.78, 5) is 37.2. The molecule has 1 heterocycles. The molecule has 0 unspecified atom stereocenters. The van der Waals surface area contributed by atoms with E-state index in [-0.39, 0.29) is 17.6 Å². The molecule has 0 radical (unpaired) electrons. The standard InChI is InChI=1S/C17H19NO5S/c1-10(2)23-15(19)9-18-16(20)14(24-17(18)21)8-12-6-5-11(3)13(7-12)22-4/h5-8,10H,9H2,1-4H3/b14-8-. The van der Waals surface area contributed by atoms with Crippen LogP contribution in [0.1, 0.15) is 25.0 Å². The minimum atomic E-state index is -0.606. The van der Waals surface area contributed by atoms with Crippen molar-refractivity contribution in [1.82, 2.24) is 4.90 Å². The summed E-state index contributed by atoms with van der Waals surface area (Å²) in [5.41, 5.74) is 1.71. The van der Waals surface area contributed by atoms with E-state index in [1.807, 2.05) is 19.1 Å². The molecule has 1 aromatic carbocycles. The average molecular weight is 349 g/mol. The summed E-state index contributed by atoms with van der Waals surface area (Å²) in [5.74, 6) is -0.403. The number of hydrogen-bond donors (Lipinski definition) is 0.